The van der Waals surface area contributed by atoms with Crippen LogP contribution in [0.2, 0.25) is 0 Å². The van der Waals surface area contributed by atoms with Gasteiger partial charge in [-0.2, -0.15) is 0 Å². The number of carbonyl (C=O) groups excluding carboxylic acids is 1. The van der Waals surface area contributed by atoms with Crippen molar-refractivity contribution in [2.45, 2.75) is 65.0 Å². The second kappa shape index (κ2) is 7.94. The van der Waals surface area contributed by atoms with E-state index in [1.807, 2.05) is 23.1 Å². The number of benzene rings is 2. The maximum Gasteiger partial charge on any atom is 0.322 e. The molecule has 26 heavy (non-hydrogen) atoms. The molecule has 3 nitrogen and oxygen atoms in total. The molecule has 0 heterocycles. The highest BCUT2D eigenvalue weighted by molar-refractivity contribution is 5.91. The van der Waals surface area contributed by atoms with Crippen LogP contribution in [0.1, 0.15) is 69.1 Å². The lowest BCUT2D eigenvalue weighted by Crippen LogP contribution is -2.36. The Balaban J connectivity index is 1.86. The average molecular weight is 351 g/mol. The third kappa shape index (κ3) is 4.27. The average Bonchev–Trinajstić information content (AvgIpc) is 3.45. The summed E-state index contributed by atoms with van der Waals surface area (Å²) in [5, 5.41) is 3.27. The first-order chi connectivity index (χ1) is 12.5. The van der Waals surface area contributed by atoms with Crippen LogP contribution in [0.3, 0.4) is 0 Å². The van der Waals surface area contributed by atoms with Gasteiger partial charge in [0.05, 0.1) is 0 Å². The van der Waals surface area contributed by atoms with E-state index in [0.29, 0.717) is 24.4 Å². The topological polar surface area (TPSA) is 32.3 Å². The SMILES string of the molecule is CC(C)c1cccc(C(C)C)c1NC(=O)N(Cc1ccccc1)C1CC1. The zero-order valence-corrected chi connectivity index (χ0v) is 16.3. The molecule has 1 aliphatic rings. The predicted molar refractivity (Wildman–Crippen MR) is 109 cm³/mol. The number of nitrogens with one attached hydrogen (secondary N) is 1. The monoisotopic (exact) mass is 350 g/mol. The Morgan fingerprint density at radius 2 is 1.54 bits per heavy atom. The van der Waals surface area contributed by atoms with Gasteiger partial charge in [-0.05, 0) is 41.4 Å². The lowest BCUT2D eigenvalue weighted by Gasteiger charge is -2.26. The lowest BCUT2D eigenvalue weighted by atomic mass is 9.93. The molecule has 0 spiro atoms. The largest absolute Gasteiger partial charge is 0.322 e. The van der Waals surface area contributed by atoms with Crippen LogP contribution < -0.4 is 5.32 Å². The first kappa shape index (κ1) is 18.5. The van der Waals surface area contributed by atoms with Crippen molar-refractivity contribution in [1.29, 1.82) is 0 Å². The quantitative estimate of drug-likeness (QED) is 0.668. The van der Waals surface area contributed by atoms with E-state index >= 15 is 0 Å². The molecule has 3 rings (SSSR count). The molecular formula is C23H30N2O. The zero-order valence-electron chi connectivity index (χ0n) is 16.3. The molecular weight excluding hydrogens is 320 g/mol. The van der Waals surface area contributed by atoms with Gasteiger partial charge in [-0.3, -0.25) is 0 Å². The van der Waals surface area contributed by atoms with E-state index < -0.39 is 0 Å². The molecule has 0 aromatic heterocycles. The van der Waals surface area contributed by atoms with Crippen LogP contribution in [0.15, 0.2) is 48.5 Å². The molecule has 0 radical (unpaired) electrons. The number of hydrogen-bond donors (Lipinski definition) is 1. The number of nitrogens with zero attached hydrogens (tertiary/aromatic N) is 1. The molecule has 1 saturated carbocycles. The third-order valence-electron chi connectivity index (χ3n) is 5.05. The van der Waals surface area contributed by atoms with Gasteiger partial charge in [0.25, 0.3) is 0 Å². The minimum atomic E-state index is 0.0198. The van der Waals surface area contributed by atoms with Crippen molar-refractivity contribution in [2.75, 3.05) is 5.32 Å². The molecule has 0 bridgehead atoms. The molecule has 2 amide bonds. The van der Waals surface area contributed by atoms with Crippen LogP contribution in [0.5, 0.6) is 0 Å². The lowest BCUT2D eigenvalue weighted by molar-refractivity contribution is 0.206. The minimum absolute atomic E-state index is 0.0198. The molecule has 3 heteroatoms. The van der Waals surface area contributed by atoms with Crippen LogP contribution in [0.4, 0.5) is 10.5 Å². The number of urea groups is 1. The summed E-state index contributed by atoms with van der Waals surface area (Å²) in [5.74, 6) is 0.736. The van der Waals surface area contributed by atoms with Crippen molar-refractivity contribution >= 4 is 11.7 Å². The maximum absolute atomic E-state index is 13.2. The highest BCUT2D eigenvalue weighted by Gasteiger charge is 2.33. The van der Waals surface area contributed by atoms with Gasteiger partial charge in [0, 0.05) is 18.3 Å². The second-order valence-electron chi connectivity index (χ2n) is 7.90. The van der Waals surface area contributed by atoms with E-state index in [-0.39, 0.29) is 6.03 Å². The van der Waals surface area contributed by atoms with Gasteiger partial charge in [-0.15, -0.1) is 0 Å². The summed E-state index contributed by atoms with van der Waals surface area (Å²) in [7, 11) is 0. The maximum atomic E-state index is 13.2. The van der Waals surface area contributed by atoms with Crippen LogP contribution in [-0.2, 0) is 6.54 Å². The van der Waals surface area contributed by atoms with Gasteiger partial charge in [0.1, 0.15) is 0 Å². The van der Waals surface area contributed by atoms with Gasteiger partial charge in [0.15, 0.2) is 0 Å². The molecule has 1 aliphatic carbocycles. The van der Waals surface area contributed by atoms with E-state index in [4.69, 9.17) is 0 Å². The molecule has 0 unspecified atom stereocenters. The predicted octanol–water partition coefficient (Wildman–Crippen LogP) is 6.13. The van der Waals surface area contributed by atoms with Crippen molar-refractivity contribution in [2.24, 2.45) is 0 Å². The summed E-state index contributed by atoms with van der Waals surface area (Å²) in [6, 6.07) is 17.0. The van der Waals surface area contributed by atoms with Crippen molar-refractivity contribution in [1.82, 2.24) is 4.90 Å². The molecule has 0 saturated heterocycles. The number of amides is 2. The number of para-hydroxylation sites is 1. The van der Waals surface area contributed by atoms with Crippen molar-refractivity contribution in [3.63, 3.8) is 0 Å². The standard InChI is InChI=1S/C23H30N2O/c1-16(2)20-11-8-12-21(17(3)4)22(20)24-23(26)25(19-13-14-19)15-18-9-6-5-7-10-18/h5-12,16-17,19H,13-15H2,1-4H3,(H,24,26). The van der Waals surface area contributed by atoms with Crippen LogP contribution >= 0.6 is 0 Å². The Morgan fingerprint density at radius 3 is 2.04 bits per heavy atom. The van der Waals surface area contributed by atoms with E-state index in [1.54, 1.807) is 0 Å². The van der Waals surface area contributed by atoms with Gasteiger partial charge >= 0.3 is 6.03 Å². The first-order valence-corrected chi connectivity index (χ1v) is 9.71. The van der Waals surface area contributed by atoms with Gasteiger partial charge < -0.3 is 10.2 Å². The van der Waals surface area contributed by atoms with Crippen LogP contribution in [0.25, 0.3) is 0 Å². The van der Waals surface area contributed by atoms with Crippen LogP contribution in [0, 0.1) is 0 Å². The van der Waals surface area contributed by atoms with Gasteiger partial charge in [-0.25, -0.2) is 4.79 Å². The molecule has 1 N–H and O–H groups in total. The summed E-state index contributed by atoms with van der Waals surface area (Å²) in [6.07, 6.45) is 2.20. The molecule has 2 aromatic rings. The number of carbonyl (C=O) groups is 1. The van der Waals surface area contributed by atoms with E-state index in [0.717, 1.165) is 18.5 Å². The molecule has 0 atom stereocenters. The van der Waals surface area contributed by atoms with E-state index in [1.165, 1.54) is 16.7 Å². The normalized spacial score (nSPS) is 13.9. The third-order valence-corrected chi connectivity index (χ3v) is 5.05. The summed E-state index contributed by atoms with van der Waals surface area (Å²) >= 11 is 0. The fourth-order valence-corrected chi connectivity index (χ4v) is 3.41. The molecule has 1 fully saturated rings. The van der Waals surface area contributed by atoms with Crippen LogP contribution in [-0.4, -0.2) is 17.0 Å². The fraction of sp³-hybridized carbons (Fsp3) is 0.435. The second-order valence-corrected chi connectivity index (χ2v) is 7.90. The molecule has 138 valence electrons. The summed E-state index contributed by atoms with van der Waals surface area (Å²) in [6.45, 7) is 9.38. The number of hydrogen-bond acceptors (Lipinski definition) is 1. The zero-order chi connectivity index (χ0) is 18.7. The van der Waals surface area contributed by atoms with Crippen molar-refractivity contribution in [3.05, 3.63) is 65.2 Å². The van der Waals surface area contributed by atoms with E-state index in [2.05, 4.69) is 63.3 Å². The number of anilines is 1. The smallest absolute Gasteiger partial charge is 0.317 e. The number of rotatable bonds is 6. The van der Waals surface area contributed by atoms with Crippen molar-refractivity contribution in [3.8, 4) is 0 Å². The van der Waals surface area contributed by atoms with Gasteiger partial charge in [0.2, 0.25) is 0 Å². The minimum Gasteiger partial charge on any atom is -0.317 e. The molecule has 2 aromatic carbocycles. The highest BCUT2D eigenvalue weighted by Crippen LogP contribution is 2.34. The summed E-state index contributed by atoms with van der Waals surface area (Å²) in [5.41, 5.74) is 4.59. The molecule has 0 aliphatic heterocycles. The highest BCUT2D eigenvalue weighted by atomic mass is 16.2. The summed E-state index contributed by atoms with van der Waals surface area (Å²) in [4.78, 5) is 15.2. The Labute approximate surface area is 157 Å². The van der Waals surface area contributed by atoms with Gasteiger partial charge in [-0.1, -0.05) is 76.2 Å². The Hall–Kier alpha value is -2.29. The Morgan fingerprint density at radius 1 is 0.962 bits per heavy atom. The first-order valence-electron chi connectivity index (χ1n) is 9.71. The van der Waals surface area contributed by atoms with E-state index in [9.17, 15) is 4.79 Å². The Bertz CT molecular complexity index is 722. The Kier molecular flexibility index (Phi) is 5.65. The van der Waals surface area contributed by atoms with Crippen molar-refractivity contribution < 1.29 is 4.79 Å². The summed E-state index contributed by atoms with van der Waals surface area (Å²) < 4.78 is 0. The fourth-order valence-electron chi connectivity index (χ4n) is 3.41.